The molecule has 0 bridgehead atoms. The van der Waals surface area contributed by atoms with Crippen LogP contribution in [0.4, 0.5) is 0 Å². The van der Waals surface area contributed by atoms with Crippen molar-refractivity contribution in [1.29, 1.82) is 0 Å². The first-order chi connectivity index (χ1) is 6.15. The minimum atomic E-state index is -0.480. The highest BCUT2D eigenvalue weighted by Crippen LogP contribution is 2.20. The van der Waals surface area contributed by atoms with Crippen molar-refractivity contribution in [2.24, 2.45) is 11.7 Å². The molecule has 0 saturated heterocycles. The summed E-state index contributed by atoms with van der Waals surface area (Å²) in [6.45, 7) is 6.21. The Bertz CT molecular complexity index is 253. The Morgan fingerprint density at radius 2 is 1.92 bits per heavy atom. The quantitative estimate of drug-likeness (QED) is 0.739. The molecular formula is C11H16NO. The molecule has 1 aromatic carbocycles. The van der Waals surface area contributed by atoms with Gasteiger partial charge in [-0.15, -0.1) is 0 Å². The molecule has 0 amide bonds. The fourth-order valence-corrected chi connectivity index (χ4v) is 1.18. The molecule has 0 aliphatic carbocycles. The fraction of sp³-hybridized carbons (Fsp3) is 0.364. The second-order valence-corrected chi connectivity index (χ2v) is 3.37. The van der Waals surface area contributed by atoms with E-state index in [1.165, 1.54) is 0 Å². The van der Waals surface area contributed by atoms with Gasteiger partial charge in [0.15, 0.2) is 0 Å². The van der Waals surface area contributed by atoms with Crippen molar-refractivity contribution in [3.05, 3.63) is 42.3 Å². The third-order valence-corrected chi connectivity index (χ3v) is 2.10. The van der Waals surface area contributed by atoms with Crippen molar-refractivity contribution in [2.75, 3.05) is 0 Å². The van der Waals surface area contributed by atoms with Crippen molar-refractivity contribution in [3.8, 4) is 0 Å². The maximum atomic E-state index is 9.67. The molecule has 0 fully saturated rings. The topological polar surface area (TPSA) is 46.2 Å². The maximum absolute atomic E-state index is 9.67. The Balaban J connectivity index is 2.79. The van der Waals surface area contributed by atoms with Crippen molar-refractivity contribution < 1.29 is 5.11 Å². The summed E-state index contributed by atoms with van der Waals surface area (Å²) in [4.78, 5) is 0. The van der Waals surface area contributed by atoms with Crippen LogP contribution >= 0.6 is 0 Å². The highest BCUT2D eigenvalue weighted by Gasteiger charge is 2.10. The van der Waals surface area contributed by atoms with E-state index in [2.05, 4.69) is 6.92 Å². The Labute approximate surface area is 79.4 Å². The molecule has 1 radical (unpaired) electrons. The van der Waals surface area contributed by atoms with E-state index in [9.17, 15) is 5.11 Å². The molecule has 0 saturated carbocycles. The lowest BCUT2D eigenvalue weighted by atomic mass is 9.98. The Morgan fingerprint density at radius 3 is 2.31 bits per heavy atom. The highest BCUT2D eigenvalue weighted by molar-refractivity contribution is 5.24. The van der Waals surface area contributed by atoms with Gasteiger partial charge in [0.25, 0.3) is 0 Å². The van der Waals surface area contributed by atoms with Gasteiger partial charge in [-0.05, 0) is 24.0 Å². The van der Waals surface area contributed by atoms with Crippen LogP contribution < -0.4 is 5.73 Å². The van der Waals surface area contributed by atoms with Crippen LogP contribution in [0.2, 0.25) is 0 Å². The summed E-state index contributed by atoms with van der Waals surface area (Å²) in [5.74, 6) is 0.00345. The molecule has 2 heteroatoms. The molecule has 0 aliphatic heterocycles. The minimum absolute atomic E-state index is 0.00345. The second-order valence-electron chi connectivity index (χ2n) is 3.37. The number of hydrogen-bond donors (Lipinski definition) is 2. The molecule has 2 atom stereocenters. The van der Waals surface area contributed by atoms with Gasteiger partial charge in [0.2, 0.25) is 0 Å². The summed E-state index contributed by atoms with van der Waals surface area (Å²) >= 11 is 0. The first kappa shape index (κ1) is 10.2. The molecule has 3 N–H and O–H groups in total. The summed E-state index contributed by atoms with van der Waals surface area (Å²) < 4.78 is 0. The SMILES string of the molecule is [CH2]C(C)C(O)c1ccc(CN)cc1. The van der Waals surface area contributed by atoms with E-state index in [1.54, 1.807) is 0 Å². The van der Waals surface area contributed by atoms with E-state index in [0.717, 1.165) is 11.1 Å². The molecule has 71 valence electrons. The van der Waals surface area contributed by atoms with Gasteiger partial charge in [-0.25, -0.2) is 0 Å². The van der Waals surface area contributed by atoms with E-state index in [-0.39, 0.29) is 5.92 Å². The van der Waals surface area contributed by atoms with Gasteiger partial charge in [-0.2, -0.15) is 0 Å². The molecule has 0 aliphatic rings. The van der Waals surface area contributed by atoms with Crippen molar-refractivity contribution in [1.82, 2.24) is 0 Å². The van der Waals surface area contributed by atoms with Crippen LogP contribution in [0.15, 0.2) is 24.3 Å². The van der Waals surface area contributed by atoms with Gasteiger partial charge in [0.05, 0.1) is 6.10 Å². The van der Waals surface area contributed by atoms with Crippen LogP contribution in [0.25, 0.3) is 0 Å². The Kier molecular flexibility index (Phi) is 3.46. The van der Waals surface area contributed by atoms with Crippen LogP contribution in [0.1, 0.15) is 24.2 Å². The van der Waals surface area contributed by atoms with Gasteiger partial charge in [0, 0.05) is 6.54 Å². The largest absolute Gasteiger partial charge is 0.388 e. The van der Waals surface area contributed by atoms with E-state index >= 15 is 0 Å². The van der Waals surface area contributed by atoms with Crippen molar-refractivity contribution in [2.45, 2.75) is 19.6 Å². The van der Waals surface area contributed by atoms with Gasteiger partial charge in [0.1, 0.15) is 0 Å². The average Bonchev–Trinajstić information content (AvgIpc) is 2.17. The number of aliphatic hydroxyl groups excluding tert-OH is 1. The Morgan fingerprint density at radius 1 is 1.38 bits per heavy atom. The van der Waals surface area contributed by atoms with Crippen molar-refractivity contribution >= 4 is 0 Å². The third-order valence-electron chi connectivity index (χ3n) is 2.10. The summed E-state index contributed by atoms with van der Waals surface area (Å²) in [6, 6.07) is 7.66. The smallest absolute Gasteiger partial charge is 0.0815 e. The van der Waals surface area contributed by atoms with Crippen LogP contribution in [0, 0.1) is 12.8 Å². The first-order valence-corrected chi connectivity index (χ1v) is 4.45. The molecule has 0 aromatic heterocycles. The van der Waals surface area contributed by atoms with Crippen molar-refractivity contribution in [3.63, 3.8) is 0 Å². The van der Waals surface area contributed by atoms with Gasteiger partial charge in [-0.1, -0.05) is 31.2 Å². The van der Waals surface area contributed by atoms with E-state index in [1.807, 2.05) is 31.2 Å². The normalized spacial score (nSPS) is 13.3. The second kappa shape index (κ2) is 4.40. The van der Waals surface area contributed by atoms with E-state index < -0.39 is 6.10 Å². The predicted molar refractivity (Wildman–Crippen MR) is 53.8 cm³/mol. The molecule has 13 heavy (non-hydrogen) atoms. The minimum Gasteiger partial charge on any atom is -0.388 e. The lowest BCUT2D eigenvalue weighted by Crippen LogP contribution is -2.06. The van der Waals surface area contributed by atoms with Gasteiger partial charge >= 0.3 is 0 Å². The zero-order chi connectivity index (χ0) is 9.84. The summed E-state index contributed by atoms with van der Waals surface area (Å²) in [7, 11) is 0. The summed E-state index contributed by atoms with van der Waals surface area (Å²) in [5.41, 5.74) is 7.44. The highest BCUT2D eigenvalue weighted by atomic mass is 16.3. The van der Waals surface area contributed by atoms with Gasteiger partial charge in [-0.3, -0.25) is 0 Å². The number of nitrogens with two attached hydrogens (primary N) is 1. The molecule has 0 spiro atoms. The van der Waals surface area contributed by atoms with Crippen LogP contribution in [-0.2, 0) is 6.54 Å². The standard InChI is InChI=1S/C11H16NO/c1-8(2)11(13)10-5-3-9(7-12)4-6-10/h3-6,8,11,13H,1,7,12H2,2H3. The van der Waals surface area contributed by atoms with Crippen LogP contribution in [0.3, 0.4) is 0 Å². The van der Waals surface area contributed by atoms with E-state index in [4.69, 9.17) is 5.73 Å². The average molecular weight is 178 g/mol. The number of rotatable bonds is 3. The zero-order valence-corrected chi connectivity index (χ0v) is 7.90. The molecule has 2 nitrogen and oxygen atoms in total. The monoisotopic (exact) mass is 178 g/mol. The zero-order valence-electron chi connectivity index (χ0n) is 7.90. The molecule has 1 aromatic rings. The molecular weight excluding hydrogens is 162 g/mol. The Hall–Kier alpha value is -0.860. The van der Waals surface area contributed by atoms with Gasteiger partial charge < -0.3 is 10.8 Å². The lowest BCUT2D eigenvalue weighted by molar-refractivity contribution is 0.138. The summed E-state index contributed by atoms with van der Waals surface area (Å²) in [6.07, 6.45) is -0.480. The number of hydrogen-bond acceptors (Lipinski definition) is 2. The number of aliphatic hydroxyl groups is 1. The summed E-state index contributed by atoms with van der Waals surface area (Å²) in [5, 5.41) is 9.67. The number of benzene rings is 1. The molecule has 2 unspecified atom stereocenters. The van der Waals surface area contributed by atoms with Crippen LogP contribution in [-0.4, -0.2) is 5.11 Å². The third kappa shape index (κ3) is 2.54. The molecule has 1 rings (SSSR count). The molecule has 0 heterocycles. The lowest BCUT2D eigenvalue weighted by Gasteiger charge is -2.14. The maximum Gasteiger partial charge on any atom is 0.0815 e. The fourth-order valence-electron chi connectivity index (χ4n) is 1.18. The first-order valence-electron chi connectivity index (χ1n) is 4.45. The van der Waals surface area contributed by atoms with E-state index in [0.29, 0.717) is 6.54 Å². The predicted octanol–water partition coefficient (Wildman–Crippen LogP) is 1.65. The van der Waals surface area contributed by atoms with Crippen LogP contribution in [0.5, 0.6) is 0 Å².